The number of nitrogens with two attached hydrogens (primary N) is 1. The highest BCUT2D eigenvalue weighted by atomic mass is 16.3. The van der Waals surface area contributed by atoms with Crippen LogP contribution in [0.25, 0.3) is 27.8 Å². The Labute approximate surface area is 245 Å². The van der Waals surface area contributed by atoms with Gasteiger partial charge in [0, 0.05) is 55.9 Å². The topological polar surface area (TPSA) is 109 Å². The molecule has 42 heavy (non-hydrogen) atoms. The number of hydrogen-bond acceptors (Lipinski definition) is 5. The Balaban J connectivity index is 1.26. The zero-order valence-electron chi connectivity index (χ0n) is 24.3. The van der Waals surface area contributed by atoms with Gasteiger partial charge < -0.3 is 25.2 Å². The van der Waals surface area contributed by atoms with Gasteiger partial charge in [0.05, 0.1) is 22.3 Å². The summed E-state index contributed by atoms with van der Waals surface area (Å²) in [5, 5.41) is 15.6. The van der Waals surface area contributed by atoms with Gasteiger partial charge in [-0.3, -0.25) is 9.59 Å². The molecule has 1 atom stereocenters. The van der Waals surface area contributed by atoms with Crippen molar-refractivity contribution in [2.24, 2.45) is 11.7 Å². The Hall–Kier alpha value is -3.69. The first-order chi connectivity index (χ1) is 20.4. The van der Waals surface area contributed by atoms with Gasteiger partial charge in [0.1, 0.15) is 12.3 Å². The van der Waals surface area contributed by atoms with Crippen molar-refractivity contribution in [2.45, 2.75) is 64.0 Å². The first-order valence-electron chi connectivity index (χ1n) is 15.5. The van der Waals surface area contributed by atoms with Crippen molar-refractivity contribution in [1.82, 2.24) is 24.0 Å². The van der Waals surface area contributed by atoms with Crippen molar-refractivity contribution < 1.29 is 14.7 Å². The number of amides is 2. The largest absolute Gasteiger partial charge is 0.387 e. The molecule has 1 saturated carbocycles. The van der Waals surface area contributed by atoms with Gasteiger partial charge in [0.15, 0.2) is 0 Å². The predicted molar refractivity (Wildman–Crippen MR) is 162 cm³/mol. The summed E-state index contributed by atoms with van der Waals surface area (Å²) in [7, 11) is 0. The van der Waals surface area contributed by atoms with Crippen molar-refractivity contribution >= 4 is 28.2 Å². The average molecular weight is 569 g/mol. The number of fused-ring (bicyclic) bond motifs is 2. The number of piperidine rings is 2. The summed E-state index contributed by atoms with van der Waals surface area (Å²) < 4.78 is 4.36. The molecule has 220 valence electrons. The Morgan fingerprint density at radius 3 is 2.57 bits per heavy atom. The number of pyridine rings is 1. The van der Waals surface area contributed by atoms with Gasteiger partial charge in [-0.25, -0.2) is 4.52 Å². The van der Waals surface area contributed by atoms with Gasteiger partial charge in [-0.1, -0.05) is 18.2 Å². The lowest BCUT2D eigenvalue weighted by atomic mass is 9.88. The van der Waals surface area contributed by atoms with Gasteiger partial charge in [-0.2, -0.15) is 5.10 Å². The zero-order valence-corrected chi connectivity index (χ0v) is 24.3. The Morgan fingerprint density at radius 1 is 1.02 bits per heavy atom. The highest BCUT2D eigenvalue weighted by Gasteiger charge is 2.30. The molecule has 9 heteroatoms. The minimum atomic E-state index is -0.422. The van der Waals surface area contributed by atoms with Crippen LogP contribution in [0.4, 0.5) is 0 Å². The number of rotatable bonds is 6. The number of aliphatic hydroxyl groups excluding tert-OH is 1. The fraction of sp³-hybridized carbons (Fsp3) is 0.485. The van der Waals surface area contributed by atoms with Crippen LogP contribution in [0, 0.1) is 12.8 Å². The molecule has 1 unspecified atom stereocenters. The second-order valence-corrected chi connectivity index (χ2v) is 12.6. The minimum Gasteiger partial charge on any atom is -0.387 e. The first kappa shape index (κ1) is 27.2. The van der Waals surface area contributed by atoms with Crippen LogP contribution in [0.15, 0.2) is 42.6 Å². The molecule has 0 spiro atoms. The maximum atomic E-state index is 13.3. The quantitative estimate of drug-likeness (QED) is 0.366. The van der Waals surface area contributed by atoms with Gasteiger partial charge in [0.2, 0.25) is 5.91 Å². The van der Waals surface area contributed by atoms with E-state index < -0.39 is 6.61 Å². The lowest BCUT2D eigenvalue weighted by Crippen LogP contribution is -2.45. The Kier molecular flexibility index (Phi) is 7.02. The molecule has 0 radical (unpaired) electrons. The molecule has 3 N–H and O–H groups in total. The number of benzene rings is 1. The predicted octanol–water partition coefficient (Wildman–Crippen LogP) is 3.94. The monoisotopic (exact) mass is 568 g/mol. The van der Waals surface area contributed by atoms with Crippen LogP contribution in [0.1, 0.15) is 65.9 Å². The molecule has 3 aromatic heterocycles. The fourth-order valence-corrected chi connectivity index (χ4v) is 7.09. The summed E-state index contributed by atoms with van der Waals surface area (Å²) in [5.41, 5.74) is 13.6. The summed E-state index contributed by atoms with van der Waals surface area (Å²) in [6.07, 6.45) is 8.05. The highest BCUT2D eigenvalue weighted by molar-refractivity contribution is 5.95. The Morgan fingerprint density at radius 2 is 1.83 bits per heavy atom. The van der Waals surface area contributed by atoms with E-state index in [0.717, 1.165) is 61.2 Å². The third-order valence-corrected chi connectivity index (χ3v) is 9.62. The lowest BCUT2D eigenvalue weighted by Gasteiger charge is -2.32. The molecule has 1 aliphatic carbocycles. The molecule has 3 fully saturated rings. The van der Waals surface area contributed by atoms with Gasteiger partial charge >= 0.3 is 0 Å². The number of carbonyl (C=O) groups excluding carboxylic acids is 2. The van der Waals surface area contributed by atoms with Crippen LogP contribution in [0.2, 0.25) is 0 Å². The van der Waals surface area contributed by atoms with E-state index in [1.807, 2.05) is 27.7 Å². The number of nitrogens with zero attached hydrogens (tertiary/aromatic N) is 5. The summed E-state index contributed by atoms with van der Waals surface area (Å²) in [6.45, 7) is 5.35. The average Bonchev–Trinajstić information content (AvgIpc) is 3.68. The van der Waals surface area contributed by atoms with E-state index in [4.69, 9.17) is 10.8 Å². The highest BCUT2D eigenvalue weighted by Crippen LogP contribution is 2.41. The van der Waals surface area contributed by atoms with Crippen molar-refractivity contribution in [3.8, 4) is 11.4 Å². The molecular formula is C33H40N6O3. The molecule has 5 heterocycles. The lowest BCUT2D eigenvalue weighted by molar-refractivity contribution is -0.135. The maximum absolute atomic E-state index is 13.3. The number of likely N-dealkylation sites (tertiary alicyclic amines) is 2. The van der Waals surface area contributed by atoms with E-state index in [9.17, 15) is 14.7 Å². The van der Waals surface area contributed by atoms with E-state index in [1.54, 1.807) is 4.90 Å². The van der Waals surface area contributed by atoms with Gasteiger partial charge in [-0.05, 0) is 81.0 Å². The van der Waals surface area contributed by atoms with E-state index in [-0.39, 0.29) is 17.9 Å². The molecule has 1 aromatic carbocycles. The first-order valence-corrected chi connectivity index (χ1v) is 15.5. The summed E-state index contributed by atoms with van der Waals surface area (Å²) >= 11 is 0. The molecule has 2 aliphatic heterocycles. The second-order valence-electron chi connectivity index (χ2n) is 12.6. The van der Waals surface area contributed by atoms with E-state index in [1.165, 1.54) is 29.3 Å². The minimum absolute atomic E-state index is 0.0148. The van der Waals surface area contributed by atoms with E-state index in [0.29, 0.717) is 37.0 Å². The van der Waals surface area contributed by atoms with Crippen LogP contribution in [-0.4, -0.2) is 79.7 Å². The zero-order chi connectivity index (χ0) is 29.0. The second kappa shape index (κ2) is 10.9. The normalized spacial score (nSPS) is 20.1. The van der Waals surface area contributed by atoms with Crippen LogP contribution in [0.3, 0.4) is 0 Å². The molecule has 2 saturated heterocycles. The summed E-state index contributed by atoms with van der Waals surface area (Å²) in [6, 6.07) is 12.9. The van der Waals surface area contributed by atoms with E-state index >= 15 is 0 Å². The van der Waals surface area contributed by atoms with Crippen molar-refractivity contribution in [3.63, 3.8) is 0 Å². The third-order valence-electron chi connectivity index (χ3n) is 9.62. The van der Waals surface area contributed by atoms with E-state index in [2.05, 4.69) is 35.8 Å². The molecule has 2 amide bonds. The van der Waals surface area contributed by atoms with Gasteiger partial charge in [-0.15, -0.1) is 0 Å². The van der Waals surface area contributed by atoms with Crippen LogP contribution >= 0.6 is 0 Å². The van der Waals surface area contributed by atoms with Crippen LogP contribution in [-0.2, 0) is 11.3 Å². The van der Waals surface area contributed by atoms with Crippen LogP contribution in [0.5, 0.6) is 0 Å². The number of aliphatic hydroxyl groups is 1. The molecule has 9 nitrogen and oxygen atoms in total. The van der Waals surface area contributed by atoms with Crippen LogP contribution < -0.4 is 5.73 Å². The number of aryl methyl sites for hydroxylation is 1. The number of hydrogen-bond donors (Lipinski definition) is 2. The molecule has 3 aliphatic rings. The van der Waals surface area contributed by atoms with Crippen molar-refractivity contribution in [3.05, 3.63) is 59.3 Å². The third kappa shape index (κ3) is 4.88. The molecule has 0 bridgehead atoms. The molecule has 4 aromatic rings. The standard InChI is InChI=1S/C33H40N6O3/c1-21-28-10-9-25(33(42)37-13-3-5-26(34)19-37)18-39(28)35-31(21)29-16-24-4-2-6-27(32(24)38(29)17-22-7-8-22)23-11-14-36(15-12-23)30(41)20-40/h2,4,6,9-10,16,18,22-23,26,40H,3,5,7-8,11-15,17,19-20,34H2,1H3. The SMILES string of the molecule is Cc1c(-c2cc3cccc(C4CCN(C(=O)CO)CC4)c3n2CC2CC2)nn2cc(C(=O)N3CCCC(N)C3)ccc12. The Bertz CT molecular complexity index is 1660. The van der Waals surface area contributed by atoms with Crippen molar-refractivity contribution in [1.29, 1.82) is 0 Å². The van der Waals surface area contributed by atoms with Crippen molar-refractivity contribution in [2.75, 3.05) is 32.8 Å². The summed E-state index contributed by atoms with van der Waals surface area (Å²) in [5.74, 6) is 0.864. The number of para-hydroxylation sites is 1. The smallest absolute Gasteiger partial charge is 0.255 e. The fourth-order valence-electron chi connectivity index (χ4n) is 7.09. The number of carbonyl (C=O) groups is 2. The van der Waals surface area contributed by atoms with Gasteiger partial charge in [0.25, 0.3) is 5.91 Å². The molecule has 7 rings (SSSR count). The summed E-state index contributed by atoms with van der Waals surface area (Å²) in [4.78, 5) is 29.0. The maximum Gasteiger partial charge on any atom is 0.255 e. The molecular weight excluding hydrogens is 528 g/mol. The number of aromatic nitrogens is 3.